The van der Waals surface area contributed by atoms with Gasteiger partial charge in [-0.2, -0.15) is 0 Å². The number of aryl methyl sites for hydroxylation is 1. The topological polar surface area (TPSA) is 94.7 Å². The second-order valence-corrected chi connectivity index (χ2v) is 11.6. The summed E-state index contributed by atoms with van der Waals surface area (Å²) in [5.41, 5.74) is 2.74. The van der Waals surface area contributed by atoms with Crippen molar-refractivity contribution < 1.29 is 14.3 Å². The lowest BCUT2D eigenvalue weighted by Gasteiger charge is -2.46. The van der Waals surface area contributed by atoms with E-state index in [1.165, 1.54) is 12.8 Å². The number of rotatable bonds is 5. The van der Waals surface area contributed by atoms with E-state index < -0.39 is 0 Å². The van der Waals surface area contributed by atoms with E-state index in [9.17, 15) is 9.59 Å². The van der Waals surface area contributed by atoms with Crippen molar-refractivity contribution in [3.63, 3.8) is 0 Å². The molecular weight excluding hydrogens is 462 g/mol. The number of hydrogen-bond donors (Lipinski definition) is 4. The van der Waals surface area contributed by atoms with Gasteiger partial charge >= 0.3 is 6.03 Å². The van der Waals surface area contributed by atoms with E-state index >= 15 is 0 Å². The maximum Gasteiger partial charge on any atom is 0.326 e. The molecule has 3 saturated heterocycles. The van der Waals surface area contributed by atoms with Gasteiger partial charge in [-0.3, -0.25) is 9.69 Å². The first-order valence-electron chi connectivity index (χ1n) is 13.1. The molecule has 4 aliphatic heterocycles. The molecule has 188 valence electrons. The summed E-state index contributed by atoms with van der Waals surface area (Å²) in [4.78, 5) is 29.3. The number of ether oxygens (including phenoxy) is 1. The van der Waals surface area contributed by atoms with E-state index in [-0.39, 0.29) is 35.3 Å². The van der Waals surface area contributed by atoms with Crippen LogP contribution in [0.5, 0.6) is 5.75 Å². The van der Waals surface area contributed by atoms with Gasteiger partial charge in [-0.05, 0) is 88.7 Å². The fourth-order valence-corrected chi connectivity index (χ4v) is 7.70. The highest BCUT2D eigenvalue weighted by atomic mass is 32.2. The van der Waals surface area contributed by atoms with Crippen molar-refractivity contribution in [3.8, 4) is 5.75 Å². The van der Waals surface area contributed by atoms with Crippen molar-refractivity contribution in [2.75, 3.05) is 24.5 Å². The van der Waals surface area contributed by atoms with Crippen LogP contribution >= 0.6 is 11.8 Å². The molecule has 0 bridgehead atoms. The number of carbonyl (C=O) groups excluding carboxylic acids is 2. The van der Waals surface area contributed by atoms with Gasteiger partial charge in [0.2, 0.25) is 0 Å². The van der Waals surface area contributed by atoms with Gasteiger partial charge in [-0.25, -0.2) is 4.79 Å². The summed E-state index contributed by atoms with van der Waals surface area (Å²) < 4.78 is 6.19. The molecule has 0 aromatic heterocycles. The molecule has 4 N–H and O–H groups in total. The minimum atomic E-state index is -0.151. The van der Waals surface area contributed by atoms with Crippen molar-refractivity contribution in [1.29, 1.82) is 0 Å². The first kappa shape index (κ1) is 23.2. The number of amides is 3. The average Bonchev–Trinajstić information content (AvgIpc) is 3.50. The molecule has 6 rings (SSSR count). The van der Waals surface area contributed by atoms with Gasteiger partial charge in [-0.15, -0.1) is 0 Å². The molecular formula is C26H35N5O3S. The van der Waals surface area contributed by atoms with E-state index in [0.717, 1.165) is 74.4 Å². The van der Waals surface area contributed by atoms with Crippen LogP contribution in [-0.2, 0) is 4.79 Å². The van der Waals surface area contributed by atoms with Gasteiger partial charge < -0.3 is 26.0 Å². The van der Waals surface area contributed by atoms with Gasteiger partial charge in [0.15, 0.2) is 0 Å². The second-order valence-electron chi connectivity index (χ2n) is 10.4. The highest BCUT2D eigenvalue weighted by Crippen LogP contribution is 2.48. The third-order valence-corrected chi connectivity index (χ3v) is 9.37. The second kappa shape index (κ2) is 9.67. The summed E-state index contributed by atoms with van der Waals surface area (Å²) >= 11 is 1.57. The largest absolute Gasteiger partial charge is 0.490 e. The Balaban J connectivity index is 1.24. The van der Waals surface area contributed by atoms with E-state index in [4.69, 9.17) is 4.74 Å². The summed E-state index contributed by atoms with van der Waals surface area (Å²) in [7, 11) is 0. The van der Waals surface area contributed by atoms with Gasteiger partial charge in [0.05, 0.1) is 22.4 Å². The number of piperidine rings is 2. The average molecular weight is 498 g/mol. The fourth-order valence-electron chi connectivity index (χ4n) is 6.30. The Morgan fingerprint density at radius 3 is 2.77 bits per heavy atom. The lowest BCUT2D eigenvalue weighted by molar-refractivity contribution is -0.117. The number of nitrogens with one attached hydrogen (secondary N) is 4. The number of hydrogen-bond acceptors (Lipinski definition) is 6. The van der Waals surface area contributed by atoms with Crippen molar-refractivity contribution in [3.05, 3.63) is 34.4 Å². The van der Waals surface area contributed by atoms with Gasteiger partial charge in [0.25, 0.3) is 5.91 Å². The fraction of sp³-hybridized carbons (Fsp3) is 0.615. The third kappa shape index (κ3) is 4.42. The number of carbonyl (C=O) groups is 2. The summed E-state index contributed by atoms with van der Waals surface area (Å²) in [6, 6.07) is 6.08. The summed E-state index contributed by atoms with van der Waals surface area (Å²) in [5, 5.41) is 13.3. The van der Waals surface area contributed by atoms with Crippen LogP contribution in [0.2, 0.25) is 0 Å². The van der Waals surface area contributed by atoms with Crippen molar-refractivity contribution in [1.82, 2.24) is 21.3 Å². The number of anilines is 1. The molecule has 1 aromatic rings. The van der Waals surface area contributed by atoms with Crippen LogP contribution in [0.25, 0.3) is 0 Å². The van der Waals surface area contributed by atoms with Crippen LogP contribution in [0.1, 0.15) is 50.5 Å². The first-order chi connectivity index (χ1) is 17.1. The van der Waals surface area contributed by atoms with Crippen molar-refractivity contribution in [2.24, 2.45) is 5.92 Å². The Labute approximate surface area is 211 Å². The van der Waals surface area contributed by atoms with E-state index in [2.05, 4.69) is 34.3 Å². The lowest BCUT2D eigenvalue weighted by atomic mass is 9.86. The predicted octanol–water partition coefficient (Wildman–Crippen LogP) is 2.98. The van der Waals surface area contributed by atoms with Gasteiger partial charge in [0, 0.05) is 29.9 Å². The van der Waals surface area contributed by atoms with Crippen LogP contribution in [0.15, 0.2) is 28.8 Å². The standard InChI is InChI=1S/C26H35N5O3S/c1-15-13-18(34-17-6-2-3-7-17)8-9-19(15)31-20-10-12-28-25-21(20)22(30-26(31)33)23(35-25)24(32)29-16-5-4-11-27-14-16/h8-9,13,16-17,20-21,25,27-28H,2-7,10-12,14H2,1H3,(H,29,32)(H,30,33)/t16-,20?,21?,25?/m1/s1. The molecule has 4 heterocycles. The Bertz CT molecular complexity index is 1030. The Morgan fingerprint density at radius 2 is 2.00 bits per heavy atom. The molecule has 35 heavy (non-hydrogen) atoms. The molecule has 9 heteroatoms. The third-order valence-electron chi connectivity index (χ3n) is 8.01. The number of thioether (sulfide) groups is 1. The SMILES string of the molecule is Cc1cc(OC2CCCC2)ccc1N1C(=O)NC2=C(C(=O)N[C@@H]3CCCNC3)SC3NCCC1C23. The quantitative estimate of drug-likeness (QED) is 0.500. The molecule has 4 atom stereocenters. The Kier molecular flexibility index (Phi) is 6.41. The van der Waals surface area contributed by atoms with Crippen molar-refractivity contribution >= 4 is 29.4 Å². The molecule has 3 amide bonds. The maximum atomic E-state index is 13.5. The highest BCUT2D eigenvalue weighted by Gasteiger charge is 2.52. The smallest absolute Gasteiger partial charge is 0.326 e. The first-order valence-corrected chi connectivity index (χ1v) is 14.0. The Hall–Kier alpha value is -2.23. The van der Waals surface area contributed by atoms with Crippen molar-refractivity contribution in [2.45, 2.75) is 75.4 Å². The van der Waals surface area contributed by atoms with Crippen LogP contribution in [0.4, 0.5) is 10.5 Å². The Morgan fingerprint density at radius 1 is 1.14 bits per heavy atom. The summed E-state index contributed by atoms with van der Waals surface area (Å²) in [5.74, 6) is 0.879. The van der Waals surface area contributed by atoms with Crippen LogP contribution < -0.4 is 30.9 Å². The monoisotopic (exact) mass is 497 g/mol. The molecule has 1 aliphatic carbocycles. The summed E-state index contributed by atoms with van der Waals surface area (Å²) in [6.07, 6.45) is 7.91. The zero-order valence-corrected chi connectivity index (χ0v) is 21.1. The van der Waals surface area contributed by atoms with E-state index in [1.54, 1.807) is 11.8 Å². The molecule has 3 unspecified atom stereocenters. The minimum absolute atomic E-state index is 0.0134. The van der Waals surface area contributed by atoms with Crippen LogP contribution in [0.3, 0.4) is 0 Å². The van der Waals surface area contributed by atoms with Crippen LogP contribution in [0, 0.1) is 12.8 Å². The molecule has 0 radical (unpaired) electrons. The minimum Gasteiger partial charge on any atom is -0.490 e. The number of benzene rings is 1. The van der Waals surface area contributed by atoms with E-state index in [0.29, 0.717) is 11.0 Å². The molecule has 4 fully saturated rings. The maximum absolute atomic E-state index is 13.5. The molecule has 5 aliphatic rings. The van der Waals surface area contributed by atoms with Gasteiger partial charge in [0.1, 0.15) is 5.75 Å². The molecule has 0 spiro atoms. The zero-order chi connectivity index (χ0) is 23.9. The lowest BCUT2D eigenvalue weighted by Crippen LogP contribution is -2.62. The highest BCUT2D eigenvalue weighted by molar-refractivity contribution is 8.04. The summed E-state index contributed by atoms with van der Waals surface area (Å²) in [6.45, 7) is 4.67. The molecule has 1 aromatic carbocycles. The number of nitrogens with zero attached hydrogens (tertiary/aromatic N) is 1. The predicted molar refractivity (Wildman–Crippen MR) is 137 cm³/mol. The van der Waals surface area contributed by atoms with E-state index in [1.807, 2.05) is 17.0 Å². The normalized spacial score (nSPS) is 30.8. The molecule has 1 saturated carbocycles. The number of urea groups is 1. The van der Waals surface area contributed by atoms with Gasteiger partial charge in [-0.1, -0.05) is 11.8 Å². The van der Waals surface area contributed by atoms with Crippen LogP contribution in [-0.4, -0.2) is 55.1 Å². The molecule has 8 nitrogen and oxygen atoms in total. The zero-order valence-electron chi connectivity index (χ0n) is 20.3.